The van der Waals surface area contributed by atoms with Gasteiger partial charge in [-0.3, -0.25) is 0 Å². The minimum atomic E-state index is -6.12. The van der Waals surface area contributed by atoms with Crippen LogP contribution in [0.2, 0.25) is 0 Å². The summed E-state index contributed by atoms with van der Waals surface area (Å²) in [7, 11) is 1.53. The topological polar surface area (TPSA) is 56.2 Å². The zero-order valence-electron chi connectivity index (χ0n) is 15.5. The number of rotatable bonds is 3. The van der Waals surface area contributed by atoms with Crippen molar-refractivity contribution < 1.29 is 35.1 Å². The second kappa shape index (κ2) is 6.81. The molecule has 4 nitrogen and oxygen atoms in total. The molecule has 0 radical (unpaired) electrons. The number of halogens is 8. The largest absolute Gasteiger partial charge is 0.459 e. The molecule has 0 atom stereocenters. The average Bonchev–Trinajstić information content (AvgIpc) is 2.97. The number of aryl methyl sites for hydroxylation is 1. The monoisotopic (exact) mass is 438 g/mol. The van der Waals surface area contributed by atoms with E-state index in [0.717, 1.165) is 6.07 Å². The molecule has 0 amide bonds. The van der Waals surface area contributed by atoms with E-state index in [1.54, 1.807) is 6.92 Å². The molecule has 0 unspecified atom stereocenters. The van der Waals surface area contributed by atoms with Crippen LogP contribution in [0.1, 0.15) is 30.3 Å². The lowest BCUT2D eigenvalue weighted by atomic mass is 10.0. The van der Waals surface area contributed by atoms with Gasteiger partial charge in [-0.2, -0.15) is 40.2 Å². The van der Waals surface area contributed by atoms with Gasteiger partial charge in [-0.05, 0) is 24.6 Å². The first-order chi connectivity index (χ1) is 13.7. The van der Waals surface area contributed by atoms with Crippen LogP contribution in [-0.4, -0.2) is 21.4 Å². The highest BCUT2D eigenvalue weighted by Gasteiger charge is 2.60. The van der Waals surface area contributed by atoms with Gasteiger partial charge in [0, 0.05) is 17.8 Å². The number of hydrogen-bond donors (Lipinski definition) is 1. The first-order valence-electron chi connectivity index (χ1n) is 8.46. The number of nitrogens with two attached hydrogens (primary N) is 1. The first-order valence-corrected chi connectivity index (χ1v) is 8.46. The van der Waals surface area contributed by atoms with E-state index in [1.165, 1.54) is 23.7 Å². The minimum Gasteiger partial charge on any atom is -0.343 e. The molecule has 3 rings (SSSR count). The summed E-state index contributed by atoms with van der Waals surface area (Å²) in [4.78, 5) is 3.33. The number of nitrogens with zero attached hydrogens (tertiary/aromatic N) is 3. The van der Waals surface area contributed by atoms with E-state index in [-0.39, 0.29) is 17.0 Å². The zero-order valence-corrected chi connectivity index (χ0v) is 15.5. The van der Waals surface area contributed by atoms with E-state index in [2.05, 4.69) is 10.1 Å². The summed E-state index contributed by atoms with van der Waals surface area (Å²) in [5, 5.41) is 2.95. The number of hydrogen-bond acceptors (Lipinski definition) is 3. The Bertz CT molecular complexity index is 1160. The van der Waals surface area contributed by atoms with Gasteiger partial charge in [0.2, 0.25) is 0 Å². The zero-order chi connectivity index (χ0) is 22.6. The van der Waals surface area contributed by atoms with Gasteiger partial charge in [-0.1, -0.05) is 13.0 Å². The lowest BCUT2D eigenvalue weighted by Crippen LogP contribution is -2.35. The number of fused-ring (bicyclic) bond motifs is 3. The van der Waals surface area contributed by atoms with Crippen molar-refractivity contribution in [3.8, 4) is 0 Å². The molecule has 0 saturated carbocycles. The molecule has 2 aromatic heterocycles. The fourth-order valence-electron chi connectivity index (χ4n) is 3.26. The SMILES string of the molecule is CC/C(=N\N)c1cc2c3nc(C(F)(F)C(F)(F)F)cc(C(F)(F)F)c3ccc2n1C. The summed E-state index contributed by atoms with van der Waals surface area (Å²) in [6.07, 6.45) is -11.0. The molecule has 0 saturated heterocycles. The standard InChI is InChI=1S/C18H14F8N4/c1-3-11(29-27)13-6-9-12(30(13)2)5-4-8-10(17(21,22)23)7-14(28-15(8)9)16(19,20)18(24,25)26/h4-7H,3,27H2,1-2H3/b29-11+. The van der Waals surface area contributed by atoms with Crippen LogP contribution in [0.4, 0.5) is 35.1 Å². The molecule has 12 heteroatoms. The quantitative estimate of drug-likeness (QED) is 0.255. The summed E-state index contributed by atoms with van der Waals surface area (Å²) in [6.45, 7) is 1.71. The maximum Gasteiger partial charge on any atom is 0.459 e. The number of benzene rings is 1. The maximum absolute atomic E-state index is 13.9. The molecule has 3 aromatic rings. The van der Waals surface area contributed by atoms with Gasteiger partial charge in [0.1, 0.15) is 5.69 Å². The van der Waals surface area contributed by atoms with Crippen LogP contribution < -0.4 is 5.84 Å². The van der Waals surface area contributed by atoms with Crippen molar-refractivity contribution in [1.29, 1.82) is 0 Å². The Hall–Kier alpha value is -2.92. The molecular weight excluding hydrogens is 424 g/mol. The summed E-state index contributed by atoms with van der Waals surface area (Å²) in [5.41, 5.74) is -3.31. The number of alkyl halides is 8. The average molecular weight is 438 g/mol. The lowest BCUT2D eigenvalue weighted by Gasteiger charge is -2.21. The van der Waals surface area contributed by atoms with Crippen molar-refractivity contribution in [1.82, 2.24) is 9.55 Å². The highest BCUT2D eigenvalue weighted by molar-refractivity contribution is 6.11. The predicted octanol–water partition coefficient (Wildman–Crippen LogP) is 5.47. The van der Waals surface area contributed by atoms with Gasteiger partial charge in [0.05, 0.1) is 28.0 Å². The summed E-state index contributed by atoms with van der Waals surface area (Å²) >= 11 is 0. The van der Waals surface area contributed by atoms with Crippen LogP contribution in [0, 0.1) is 0 Å². The molecule has 0 aliphatic rings. The second-order valence-electron chi connectivity index (χ2n) is 6.54. The van der Waals surface area contributed by atoms with Gasteiger partial charge in [0.25, 0.3) is 0 Å². The fraction of sp³-hybridized carbons (Fsp3) is 0.333. The summed E-state index contributed by atoms with van der Waals surface area (Å²) in [6, 6.07) is 3.33. The molecule has 0 aliphatic carbocycles. The first kappa shape index (κ1) is 21.8. The van der Waals surface area contributed by atoms with Crippen molar-refractivity contribution in [2.75, 3.05) is 0 Å². The molecule has 162 valence electrons. The van der Waals surface area contributed by atoms with Gasteiger partial charge in [-0.15, -0.1) is 0 Å². The lowest BCUT2D eigenvalue weighted by molar-refractivity contribution is -0.291. The molecule has 0 spiro atoms. The Labute approximate surface area is 164 Å². The van der Waals surface area contributed by atoms with Crippen LogP contribution >= 0.6 is 0 Å². The van der Waals surface area contributed by atoms with Crippen molar-refractivity contribution in [2.45, 2.75) is 31.6 Å². The smallest absolute Gasteiger partial charge is 0.343 e. The predicted molar refractivity (Wildman–Crippen MR) is 94.2 cm³/mol. The number of aromatic nitrogens is 2. The van der Waals surface area contributed by atoms with Crippen LogP contribution in [0.25, 0.3) is 21.8 Å². The minimum absolute atomic E-state index is 0.0371. The number of hydrazone groups is 1. The Morgan fingerprint density at radius 2 is 1.67 bits per heavy atom. The van der Waals surface area contributed by atoms with Gasteiger partial charge >= 0.3 is 18.3 Å². The Morgan fingerprint density at radius 1 is 1.03 bits per heavy atom. The second-order valence-corrected chi connectivity index (χ2v) is 6.54. The van der Waals surface area contributed by atoms with E-state index in [0.29, 0.717) is 17.8 Å². The van der Waals surface area contributed by atoms with E-state index < -0.39 is 40.4 Å². The molecule has 0 fully saturated rings. The van der Waals surface area contributed by atoms with Crippen molar-refractivity contribution >= 4 is 27.5 Å². The molecule has 2 heterocycles. The Balaban J connectivity index is 2.49. The van der Waals surface area contributed by atoms with Crippen LogP contribution in [0.15, 0.2) is 29.4 Å². The third-order valence-corrected chi connectivity index (χ3v) is 4.77. The normalized spacial score (nSPS) is 14.1. The van der Waals surface area contributed by atoms with Gasteiger partial charge < -0.3 is 10.4 Å². The van der Waals surface area contributed by atoms with Crippen molar-refractivity contribution in [2.24, 2.45) is 18.0 Å². The molecule has 30 heavy (non-hydrogen) atoms. The van der Waals surface area contributed by atoms with Crippen molar-refractivity contribution in [3.05, 3.63) is 41.2 Å². The van der Waals surface area contributed by atoms with Crippen LogP contribution in [0.3, 0.4) is 0 Å². The van der Waals surface area contributed by atoms with Gasteiger partial charge in [0.15, 0.2) is 0 Å². The molecule has 0 bridgehead atoms. The number of pyridine rings is 1. The van der Waals surface area contributed by atoms with Crippen LogP contribution in [0.5, 0.6) is 0 Å². The van der Waals surface area contributed by atoms with E-state index in [9.17, 15) is 35.1 Å². The van der Waals surface area contributed by atoms with E-state index in [4.69, 9.17) is 5.84 Å². The molecular formula is C18H14F8N4. The molecule has 1 aromatic carbocycles. The van der Waals surface area contributed by atoms with E-state index in [1.807, 2.05) is 0 Å². The Morgan fingerprint density at radius 3 is 2.17 bits per heavy atom. The third-order valence-electron chi connectivity index (χ3n) is 4.77. The van der Waals surface area contributed by atoms with Crippen LogP contribution in [-0.2, 0) is 19.1 Å². The fourth-order valence-corrected chi connectivity index (χ4v) is 3.26. The highest BCUT2D eigenvalue weighted by Crippen LogP contribution is 2.46. The Kier molecular flexibility index (Phi) is 4.94. The van der Waals surface area contributed by atoms with Crippen molar-refractivity contribution in [3.63, 3.8) is 0 Å². The van der Waals surface area contributed by atoms with E-state index >= 15 is 0 Å². The highest BCUT2D eigenvalue weighted by atomic mass is 19.4. The maximum atomic E-state index is 13.9. The third kappa shape index (κ3) is 3.23. The summed E-state index contributed by atoms with van der Waals surface area (Å²) in [5.74, 6) is -0.260. The van der Waals surface area contributed by atoms with Gasteiger partial charge in [-0.25, -0.2) is 4.98 Å². The molecule has 0 aliphatic heterocycles. The molecule has 2 N–H and O–H groups in total. The summed E-state index contributed by atoms with van der Waals surface area (Å²) < 4.78 is 108.